The first-order valence-corrected chi connectivity index (χ1v) is 4.30. The van der Waals surface area contributed by atoms with Crippen molar-refractivity contribution in [1.29, 1.82) is 0 Å². The van der Waals surface area contributed by atoms with Gasteiger partial charge in [0.05, 0.1) is 0 Å². The van der Waals surface area contributed by atoms with Crippen molar-refractivity contribution in [3.05, 3.63) is 35.4 Å². The second kappa shape index (κ2) is 3.56. The highest BCUT2D eigenvalue weighted by molar-refractivity contribution is 5.23. The minimum absolute atomic E-state index is 0.704. The van der Waals surface area contributed by atoms with Crippen LogP contribution in [0.15, 0.2) is 24.3 Å². The Hall–Kier alpha value is -0.780. The quantitative estimate of drug-likeness (QED) is 0.602. The average molecular weight is 148 g/mol. The summed E-state index contributed by atoms with van der Waals surface area (Å²) < 4.78 is 0. The largest absolute Gasteiger partial charge is 0.0648 e. The van der Waals surface area contributed by atoms with Crippen molar-refractivity contribution in [1.82, 2.24) is 0 Å². The van der Waals surface area contributed by atoms with Crippen LogP contribution in [0.2, 0.25) is 0 Å². The van der Waals surface area contributed by atoms with Crippen molar-refractivity contribution in [3.8, 4) is 0 Å². The second-order valence-electron chi connectivity index (χ2n) is 3.22. The van der Waals surface area contributed by atoms with Gasteiger partial charge in [0, 0.05) is 0 Å². The van der Waals surface area contributed by atoms with Crippen LogP contribution in [-0.4, -0.2) is 0 Å². The molecule has 0 aliphatic heterocycles. The van der Waals surface area contributed by atoms with Crippen LogP contribution in [0.25, 0.3) is 0 Å². The van der Waals surface area contributed by atoms with Crippen molar-refractivity contribution in [2.24, 2.45) is 0 Å². The first-order valence-electron chi connectivity index (χ1n) is 4.30. The molecule has 1 rings (SSSR count). The summed E-state index contributed by atoms with van der Waals surface area (Å²) in [6.45, 7) is 6.62. The first-order chi connectivity index (χ1) is 5.24. The van der Waals surface area contributed by atoms with E-state index in [9.17, 15) is 0 Å². The van der Waals surface area contributed by atoms with Gasteiger partial charge in [0.1, 0.15) is 0 Å². The third kappa shape index (κ3) is 2.07. The zero-order valence-electron chi connectivity index (χ0n) is 7.59. The van der Waals surface area contributed by atoms with Gasteiger partial charge in [-0.05, 0) is 24.8 Å². The molecule has 0 unspecified atom stereocenters. The minimum atomic E-state index is 0.704. The fourth-order valence-electron chi connectivity index (χ4n) is 1.13. The van der Waals surface area contributed by atoms with Crippen molar-refractivity contribution in [2.45, 2.75) is 33.1 Å². The molecule has 0 N–H and O–H groups in total. The van der Waals surface area contributed by atoms with Crippen LogP contribution in [-0.2, 0) is 0 Å². The average Bonchev–Trinajstić information content (AvgIpc) is 2.05. The van der Waals surface area contributed by atoms with Crippen LogP contribution in [0.1, 0.15) is 37.3 Å². The smallest absolute Gasteiger partial charge is 0.0193 e. The van der Waals surface area contributed by atoms with E-state index in [-0.39, 0.29) is 0 Å². The number of benzene rings is 1. The Morgan fingerprint density at radius 1 is 1.18 bits per heavy atom. The van der Waals surface area contributed by atoms with E-state index < -0.39 is 0 Å². The van der Waals surface area contributed by atoms with Crippen LogP contribution >= 0.6 is 0 Å². The lowest BCUT2D eigenvalue weighted by Gasteiger charge is -2.07. The van der Waals surface area contributed by atoms with Gasteiger partial charge in [-0.25, -0.2) is 0 Å². The molecule has 1 aromatic rings. The summed E-state index contributed by atoms with van der Waals surface area (Å²) in [5, 5.41) is 0. The summed E-state index contributed by atoms with van der Waals surface area (Å²) in [5.41, 5.74) is 2.80. The Morgan fingerprint density at radius 2 is 1.73 bits per heavy atom. The van der Waals surface area contributed by atoms with Gasteiger partial charge in [0.15, 0.2) is 0 Å². The van der Waals surface area contributed by atoms with Crippen molar-refractivity contribution >= 4 is 0 Å². The molecule has 0 heterocycles. The highest BCUT2D eigenvalue weighted by atomic mass is 14.0. The Balaban J connectivity index is 2.81. The molecule has 0 bridgehead atoms. The number of hydrogen-bond acceptors (Lipinski definition) is 0. The molecule has 0 saturated carbocycles. The normalized spacial score (nSPS) is 13.0. The Morgan fingerprint density at radius 3 is 2.18 bits per heavy atom. The summed E-state index contributed by atoms with van der Waals surface area (Å²) >= 11 is 0. The van der Waals surface area contributed by atoms with Gasteiger partial charge in [0.2, 0.25) is 0 Å². The molecule has 0 radical (unpaired) electrons. The van der Waals surface area contributed by atoms with Gasteiger partial charge in [-0.3, -0.25) is 0 Å². The lowest BCUT2D eigenvalue weighted by atomic mass is 9.98. The molecular weight excluding hydrogens is 132 g/mol. The summed E-state index contributed by atoms with van der Waals surface area (Å²) in [7, 11) is 0. The zero-order chi connectivity index (χ0) is 8.27. The van der Waals surface area contributed by atoms with E-state index in [1.807, 2.05) is 0 Å². The molecule has 0 aliphatic carbocycles. The number of rotatable bonds is 2. The van der Waals surface area contributed by atoms with Gasteiger partial charge in [-0.2, -0.15) is 0 Å². The van der Waals surface area contributed by atoms with E-state index in [0.29, 0.717) is 5.92 Å². The Labute approximate surface area is 69.3 Å². The van der Waals surface area contributed by atoms with E-state index >= 15 is 0 Å². The summed E-state index contributed by atoms with van der Waals surface area (Å²) in [6.07, 6.45) is 1.23. The molecule has 0 aromatic heterocycles. The molecule has 0 spiro atoms. The summed E-state index contributed by atoms with van der Waals surface area (Å²) in [6, 6.07) is 8.82. The van der Waals surface area contributed by atoms with E-state index in [1.54, 1.807) is 0 Å². The van der Waals surface area contributed by atoms with Gasteiger partial charge in [-0.15, -0.1) is 0 Å². The van der Waals surface area contributed by atoms with Crippen LogP contribution in [0.4, 0.5) is 0 Å². The molecule has 0 saturated heterocycles. The van der Waals surface area contributed by atoms with Crippen molar-refractivity contribution < 1.29 is 0 Å². The summed E-state index contributed by atoms with van der Waals surface area (Å²) in [5.74, 6) is 0.704. The molecule has 11 heavy (non-hydrogen) atoms. The molecule has 0 aliphatic rings. The van der Waals surface area contributed by atoms with E-state index in [1.165, 1.54) is 17.5 Å². The SMILES string of the molecule is CC[C@@H](C)c1ccc(C)cc1. The molecule has 0 fully saturated rings. The molecule has 1 atom stereocenters. The standard InChI is InChI=1S/C11H16/c1-4-10(3)11-7-5-9(2)6-8-11/h5-8,10H,4H2,1-3H3/t10-/m1/s1. The minimum Gasteiger partial charge on any atom is -0.0648 e. The van der Waals surface area contributed by atoms with Gasteiger partial charge in [0.25, 0.3) is 0 Å². The maximum absolute atomic E-state index is 2.27. The predicted molar refractivity (Wildman–Crippen MR) is 49.9 cm³/mol. The van der Waals surface area contributed by atoms with E-state index in [2.05, 4.69) is 45.0 Å². The van der Waals surface area contributed by atoms with Crippen LogP contribution < -0.4 is 0 Å². The van der Waals surface area contributed by atoms with Crippen molar-refractivity contribution in [2.75, 3.05) is 0 Å². The maximum atomic E-state index is 2.27. The van der Waals surface area contributed by atoms with Crippen molar-refractivity contribution in [3.63, 3.8) is 0 Å². The Kier molecular flexibility index (Phi) is 2.70. The second-order valence-corrected chi connectivity index (χ2v) is 3.22. The van der Waals surface area contributed by atoms with Gasteiger partial charge >= 0.3 is 0 Å². The van der Waals surface area contributed by atoms with Crippen LogP contribution in [0.5, 0.6) is 0 Å². The Bertz CT molecular complexity index is 208. The summed E-state index contributed by atoms with van der Waals surface area (Å²) in [4.78, 5) is 0. The van der Waals surface area contributed by atoms with E-state index in [4.69, 9.17) is 0 Å². The highest BCUT2D eigenvalue weighted by Crippen LogP contribution is 2.18. The highest BCUT2D eigenvalue weighted by Gasteiger charge is 2.00. The predicted octanol–water partition coefficient (Wildman–Crippen LogP) is 3.51. The number of aryl methyl sites for hydroxylation is 1. The van der Waals surface area contributed by atoms with Crippen LogP contribution in [0.3, 0.4) is 0 Å². The zero-order valence-corrected chi connectivity index (χ0v) is 7.59. The molecular formula is C11H16. The monoisotopic (exact) mass is 148 g/mol. The lowest BCUT2D eigenvalue weighted by Crippen LogP contribution is -1.89. The van der Waals surface area contributed by atoms with Crippen LogP contribution in [0, 0.1) is 6.92 Å². The van der Waals surface area contributed by atoms with Gasteiger partial charge < -0.3 is 0 Å². The fourth-order valence-corrected chi connectivity index (χ4v) is 1.13. The third-order valence-electron chi connectivity index (χ3n) is 2.26. The van der Waals surface area contributed by atoms with Gasteiger partial charge in [-0.1, -0.05) is 43.7 Å². The molecule has 0 heteroatoms. The molecule has 0 nitrogen and oxygen atoms in total. The number of hydrogen-bond donors (Lipinski definition) is 0. The third-order valence-corrected chi connectivity index (χ3v) is 2.26. The lowest BCUT2D eigenvalue weighted by molar-refractivity contribution is 0.733. The van der Waals surface area contributed by atoms with E-state index in [0.717, 1.165) is 0 Å². The molecule has 1 aromatic carbocycles. The first kappa shape index (κ1) is 8.32. The topological polar surface area (TPSA) is 0 Å². The molecule has 60 valence electrons. The molecule has 0 amide bonds. The fraction of sp³-hybridized carbons (Fsp3) is 0.455. The maximum Gasteiger partial charge on any atom is -0.0193 e.